The van der Waals surface area contributed by atoms with Gasteiger partial charge in [-0.3, -0.25) is 0 Å². The molecule has 172 valence electrons. The summed E-state index contributed by atoms with van der Waals surface area (Å²) < 4.78 is 47.0. The first-order valence-electron chi connectivity index (χ1n) is 9.57. The maximum Gasteiger partial charge on any atom is 0.463 e. The lowest BCUT2D eigenvalue weighted by molar-refractivity contribution is 0.0761. The van der Waals surface area contributed by atoms with Gasteiger partial charge in [-0.2, -0.15) is 0 Å². The van der Waals surface area contributed by atoms with Crippen molar-refractivity contribution in [2.24, 2.45) is 0 Å². The fourth-order valence-corrected chi connectivity index (χ4v) is 8.56. The number of carbonyl (C=O) groups is 2. The predicted molar refractivity (Wildman–Crippen MR) is 123 cm³/mol. The van der Waals surface area contributed by atoms with Gasteiger partial charge < -0.3 is 14.0 Å². The SMILES string of the molecule is COC(=O)N(N(C(=O)OC)S(=O)(=O)[O-])[P+](c1ccccc1)(c1ccccc1)c1ccccc1. The molecule has 9 nitrogen and oxygen atoms in total. The summed E-state index contributed by atoms with van der Waals surface area (Å²) in [5.74, 6) is 0. The minimum absolute atomic E-state index is 0.209. The van der Waals surface area contributed by atoms with Gasteiger partial charge in [-0.15, -0.1) is 0 Å². The number of rotatable bonds is 5. The van der Waals surface area contributed by atoms with E-state index in [4.69, 9.17) is 4.74 Å². The molecule has 0 bridgehead atoms. The highest BCUT2D eigenvalue weighted by Crippen LogP contribution is 2.60. The van der Waals surface area contributed by atoms with E-state index in [1.165, 1.54) is 0 Å². The lowest BCUT2D eigenvalue weighted by Gasteiger charge is -2.40. The first-order valence-corrected chi connectivity index (χ1v) is 12.7. The molecule has 0 aliphatic rings. The van der Waals surface area contributed by atoms with Gasteiger partial charge in [-0.1, -0.05) is 63.8 Å². The van der Waals surface area contributed by atoms with Gasteiger partial charge in [0.2, 0.25) is 17.7 Å². The van der Waals surface area contributed by atoms with E-state index in [-0.39, 0.29) is 4.41 Å². The third-order valence-corrected chi connectivity index (χ3v) is 9.63. The summed E-state index contributed by atoms with van der Waals surface area (Å²) in [6.45, 7) is 0. The van der Waals surface area contributed by atoms with Crippen molar-refractivity contribution >= 4 is 45.8 Å². The standard InChI is InChI=1S/C22H21N2O7PS/c1-30-21(25)23(24(22(26)31-2)33(27,28)29)32(18-12-6-3-7-13-18,19-14-8-4-9-15-19)20-16-10-5-11-17-20/h3-17H,1-2H3. The Morgan fingerprint density at radius 1 is 0.697 bits per heavy atom. The average molecular weight is 488 g/mol. The van der Waals surface area contributed by atoms with Gasteiger partial charge in [-0.25, -0.2) is 18.0 Å². The second-order valence-corrected chi connectivity index (χ2v) is 11.0. The monoisotopic (exact) mass is 488 g/mol. The van der Waals surface area contributed by atoms with Crippen molar-refractivity contribution in [3.63, 3.8) is 0 Å². The molecular weight excluding hydrogens is 467 g/mol. The lowest BCUT2D eigenvalue weighted by Crippen LogP contribution is -2.57. The number of benzene rings is 3. The number of methoxy groups -OCH3 is 2. The van der Waals surface area contributed by atoms with Gasteiger partial charge in [0.15, 0.2) is 0 Å². The summed E-state index contributed by atoms with van der Waals surface area (Å²) in [5, 5.41) is 1.47. The molecule has 0 aliphatic heterocycles. The second-order valence-electron chi connectivity index (χ2n) is 6.57. The highest BCUT2D eigenvalue weighted by atomic mass is 32.2. The molecule has 0 saturated heterocycles. The molecular formula is C22H21N2O7PS. The predicted octanol–water partition coefficient (Wildman–Crippen LogP) is 2.41. The Bertz CT molecular complexity index is 1110. The van der Waals surface area contributed by atoms with Crippen LogP contribution in [-0.2, 0) is 19.8 Å². The Labute approximate surface area is 192 Å². The van der Waals surface area contributed by atoms with Crippen molar-refractivity contribution in [2.75, 3.05) is 14.2 Å². The maximum absolute atomic E-state index is 13.3. The van der Waals surface area contributed by atoms with Gasteiger partial charge >= 0.3 is 12.2 Å². The van der Waals surface area contributed by atoms with Crippen molar-refractivity contribution in [1.82, 2.24) is 9.19 Å². The molecule has 0 atom stereocenters. The van der Waals surface area contributed by atoms with Gasteiger partial charge in [0.25, 0.3) is 0 Å². The number of hydrogen-bond donors (Lipinski definition) is 0. The molecule has 2 amide bonds. The molecule has 0 fully saturated rings. The van der Waals surface area contributed by atoms with Crippen LogP contribution in [0.3, 0.4) is 0 Å². The Morgan fingerprint density at radius 3 is 1.30 bits per heavy atom. The van der Waals surface area contributed by atoms with Crippen molar-refractivity contribution in [3.8, 4) is 0 Å². The summed E-state index contributed by atoms with van der Waals surface area (Å²) >= 11 is 0. The fourth-order valence-electron chi connectivity index (χ4n) is 3.45. The molecule has 0 saturated carbocycles. The maximum atomic E-state index is 13.3. The van der Waals surface area contributed by atoms with Crippen LogP contribution in [0.2, 0.25) is 0 Å². The van der Waals surface area contributed by atoms with Crippen LogP contribution >= 0.6 is 7.41 Å². The number of ether oxygens (including phenoxy) is 2. The number of hydrogen-bond acceptors (Lipinski definition) is 7. The van der Waals surface area contributed by atoms with Crippen molar-refractivity contribution in [2.45, 2.75) is 0 Å². The summed E-state index contributed by atoms with van der Waals surface area (Å²) in [4.78, 5) is 25.9. The van der Waals surface area contributed by atoms with Crippen LogP contribution in [0.15, 0.2) is 91.0 Å². The van der Waals surface area contributed by atoms with Gasteiger partial charge in [0, 0.05) is 0 Å². The molecule has 0 unspecified atom stereocenters. The van der Waals surface area contributed by atoms with E-state index in [1.807, 2.05) is 0 Å². The summed E-state index contributed by atoms with van der Waals surface area (Å²) in [7, 11) is -7.19. The number of nitrogens with zero attached hydrogens (tertiary/aromatic N) is 2. The van der Waals surface area contributed by atoms with Gasteiger partial charge in [0.05, 0.1) is 14.2 Å². The molecule has 0 heterocycles. The van der Waals surface area contributed by atoms with Crippen LogP contribution in [-0.4, -0.2) is 48.6 Å². The normalized spacial score (nSPS) is 11.4. The van der Waals surface area contributed by atoms with E-state index in [2.05, 4.69) is 4.74 Å². The lowest BCUT2D eigenvalue weighted by atomic mass is 10.4. The molecule has 0 N–H and O–H groups in total. The fraction of sp³-hybridized carbons (Fsp3) is 0.0909. The zero-order chi connectivity index (χ0) is 24.1. The van der Waals surface area contributed by atoms with Crippen LogP contribution < -0.4 is 15.9 Å². The topological polar surface area (TPSA) is 116 Å². The molecule has 0 radical (unpaired) electrons. The highest BCUT2D eigenvalue weighted by molar-refractivity contribution is 7.95. The summed E-state index contributed by atoms with van der Waals surface area (Å²) in [5.41, 5.74) is 0. The number of hydrazine groups is 1. The second kappa shape index (κ2) is 9.99. The summed E-state index contributed by atoms with van der Waals surface area (Å²) in [6.07, 6.45) is -2.78. The van der Waals surface area contributed by atoms with E-state index in [0.717, 1.165) is 14.2 Å². The van der Waals surface area contributed by atoms with E-state index in [9.17, 15) is 22.6 Å². The first-order chi connectivity index (χ1) is 15.8. The van der Waals surface area contributed by atoms with Crippen molar-refractivity contribution in [1.29, 1.82) is 0 Å². The molecule has 3 aromatic carbocycles. The van der Waals surface area contributed by atoms with Gasteiger partial charge in [0.1, 0.15) is 15.9 Å². The van der Waals surface area contributed by atoms with Crippen molar-refractivity contribution in [3.05, 3.63) is 91.0 Å². The van der Waals surface area contributed by atoms with E-state index in [1.54, 1.807) is 91.0 Å². The van der Waals surface area contributed by atoms with Crippen LogP contribution in [0.4, 0.5) is 9.59 Å². The molecule has 3 aromatic rings. The molecule has 0 aliphatic carbocycles. The average Bonchev–Trinajstić information content (AvgIpc) is 2.84. The zero-order valence-corrected chi connectivity index (χ0v) is 19.5. The van der Waals surface area contributed by atoms with E-state index >= 15 is 0 Å². The van der Waals surface area contributed by atoms with E-state index in [0.29, 0.717) is 20.7 Å². The third-order valence-electron chi connectivity index (χ3n) is 4.73. The molecule has 0 spiro atoms. The Kier molecular flexibility index (Phi) is 7.33. The number of amides is 2. The van der Waals surface area contributed by atoms with Crippen LogP contribution in [0.5, 0.6) is 0 Å². The Hall–Kier alpha value is -3.46. The smallest absolute Gasteiger partial charge is 0.463 e. The quantitative estimate of drug-likeness (QED) is 0.308. The highest BCUT2D eigenvalue weighted by Gasteiger charge is 2.60. The summed E-state index contributed by atoms with van der Waals surface area (Å²) in [6, 6.07) is 25.6. The Balaban J connectivity index is 2.57. The third kappa shape index (κ3) is 4.54. The van der Waals surface area contributed by atoms with Gasteiger partial charge in [-0.05, 0) is 36.4 Å². The molecule has 0 aromatic heterocycles. The Morgan fingerprint density at radius 2 is 1.03 bits per heavy atom. The molecule has 3 rings (SSSR count). The van der Waals surface area contributed by atoms with Crippen LogP contribution in [0, 0.1) is 0 Å². The minimum atomic E-state index is -5.58. The minimum Gasteiger partial charge on any atom is -0.729 e. The number of carbonyl (C=O) groups excluding carboxylic acids is 2. The van der Waals surface area contributed by atoms with Crippen LogP contribution in [0.1, 0.15) is 0 Å². The first kappa shape index (κ1) is 24.2. The van der Waals surface area contributed by atoms with Crippen LogP contribution in [0.25, 0.3) is 0 Å². The van der Waals surface area contributed by atoms with E-state index < -0.39 is 29.9 Å². The zero-order valence-electron chi connectivity index (χ0n) is 17.8. The van der Waals surface area contributed by atoms with Crippen molar-refractivity contribution < 1.29 is 32.0 Å². The largest absolute Gasteiger partial charge is 0.729 e. The molecule has 11 heteroatoms. The molecule has 33 heavy (non-hydrogen) atoms.